The highest BCUT2D eigenvalue weighted by atomic mass is 35.5. The van der Waals surface area contributed by atoms with E-state index in [1.165, 1.54) is 5.56 Å². The molecule has 0 aliphatic rings. The van der Waals surface area contributed by atoms with Crippen LogP contribution < -0.4 is 5.73 Å². The SMILES string of the molecule is Nc1cn(Cc2ccccc2)nc1-c1ccc(Cl)c(Cl)c1. The normalized spacial score (nSPS) is 10.8. The van der Waals surface area contributed by atoms with Crippen molar-refractivity contribution < 1.29 is 0 Å². The van der Waals surface area contributed by atoms with Crippen LogP contribution in [0.3, 0.4) is 0 Å². The maximum Gasteiger partial charge on any atom is 0.115 e. The van der Waals surface area contributed by atoms with Gasteiger partial charge in [-0.05, 0) is 17.7 Å². The predicted octanol–water partition coefficient (Wildman–Crippen LogP) is 4.49. The third kappa shape index (κ3) is 3.04. The summed E-state index contributed by atoms with van der Waals surface area (Å²) in [4.78, 5) is 0. The first-order valence-electron chi connectivity index (χ1n) is 6.46. The molecule has 0 atom stereocenters. The molecule has 2 aromatic carbocycles. The number of hydrogen-bond donors (Lipinski definition) is 1. The van der Waals surface area contributed by atoms with Crippen LogP contribution in [0.5, 0.6) is 0 Å². The highest BCUT2D eigenvalue weighted by Crippen LogP contribution is 2.30. The Morgan fingerprint density at radius 3 is 2.48 bits per heavy atom. The zero-order valence-corrected chi connectivity index (χ0v) is 12.6. The number of hydrogen-bond acceptors (Lipinski definition) is 2. The van der Waals surface area contributed by atoms with Crippen molar-refractivity contribution in [3.05, 3.63) is 70.3 Å². The second kappa shape index (κ2) is 5.80. The molecule has 3 nitrogen and oxygen atoms in total. The Hall–Kier alpha value is -1.97. The highest BCUT2D eigenvalue weighted by Gasteiger charge is 2.10. The molecular weight excluding hydrogens is 305 g/mol. The van der Waals surface area contributed by atoms with E-state index in [0.29, 0.717) is 28.0 Å². The largest absolute Gasteiger partial charge is 0.396 e. The Morgan fingerprint density at radius 1 is 1.00 bits per heavy atom. The lowest BCUT2D eigenvalue weighted by Gasteiger charge is -2.02. The fraction of sp³-hybridized carbons (Fsp3) is 0.0625. The monoisotopic (exact) mass is 317 g/mol. The number of nitrogens with zero attached hydrogens (tertiary/aromatic N) is 2. The molecule has 0 unspecified atom stereocenters. The number of nitrogen functional groups attached to an aromatic ring is 1. The first-order valence-corrected chi connectivity index (χ1v) is 7.21. The highest BCUT2D eigenvalue weighted by molar-refractivity contribution is 6.42. The van der Waals surface area contributed by atoms with Crippen molar-refractivity contribution in [2.45, 2.75) is 6.54 Å². The minimum absolute atomic E-state index is 0.492. The second-order valence-electron chi connectivity index (χ2n) is 4.75. The van der Waals surface area contributed by atoms with Crippen LogP contribution in [-0.4, -0.2) is 9.78 Å². The van der Waals surface area contributed by atoms with Gasteiger partial charge in [0.1, 0.15) is 5.69 Å². The molecule has 106 valence electrons. The van der Waals surface area contributed by atoms with Gasteiger partial charge in [-0.15, -0.1) is 0 Å². The van der Waals surface area contributed by atoms with Crippen molar-refractivity contribution in [2.24, 2.45) is 0 Å². The van der Waals surface area contributed by atoms with Crippen LogP contribution in [0.4, 0.5) is 5.69 Å². The van der Waals surface area contributed by atoms with Gasteiger partial charge in [0.15, 0.2) is 0 Å². The van der Waals surface area contributed by atoms with E-state index in [1.54, 1.807) is 12.1 Å². The van der Waals surface area contributed by atoms with E-state index < -0.39 is 0 Å². The smallest absolute Gasteiger partial charge is 0.115 e. The second-order valence-corrected chi connectivity index (χ2v) is 5.56. The van der Waals surface area contributed by atoms with E-state index in [1.807, 2.05) is 35.1 Å². The van der Waals surface area contributed by atoms with Gasteiger partial charge in [-0.2, -0.15) is 5.10 Å². The lowest BCUT2D eigenvalue weighted by atomic mass is 10.1. The zero-order valence-electron chi connectivity index (χ0n) is 11.1. The van der Waals surface area contributed by atoms with Crippen LogP contribution in [0.2, 0.25) is 10.0 Å². The van der Waals surface area contributed by atoms with Crippen LogP contribution in [0.15, 0.2) is 54.7 Å². The van der Waals surface area contributed by atoms with Gasteiger partial charge in [0.05, 0.1) is 22.3 Å². The van der Waals surface area contributed by atoms with Crippen LogP contribution in [0.1, 0.15) is 5.56 Å². The minimum Gasteiger partial charge on any atom is -0.396 e. The van der Waals surface area contributed by atoms with Gasteiger partial charge in [0.2, 0.25) is 0 Å². The molecule has 0 saturated carbocycles. The van der Waals surface area contributed by atoms with Crippen molar-refractivity contribution in [1.29, 1.82) is 0 Å². The number of halogens is 2. The fourth-order valence-electron chi connectivity index (χ4n) is 2.16. The lowest BCUT2D eigenvalue weighted by Crippen LogP contribution is -2.00. The molecule has 0 radical (unpaired) electrons. The van der Waals surface area contributed by atoms with E-state index in [4.69, 9.17) is 28.9 Å². The van der Waals surface area contributed by atoms with E-state index in [-0.39, 0.29) is 0 Å². The Balaban J connectivity index is 1.92. The molecule has 5 heteroatoms. The summed E-state index contributed by atoms with van der Waals surface area (Å²) in [5.74, 6) is 0. The summed E-state index contributed by atoms with van der Waals surface area (Å²) in [5.41, 5.74) is 9.41. The van der Waals surface area contributed by atoms with Crippen molar-refractivity contribution in [2.75, 3.05) is 5.73 Å². The quantitative estimate of drug-likeness (QED) is 0.773. The summed E-state index contributed by atoms with van der Waals surface area (Å²) >= 11 is 12.0. The molecule has 0 aliphatic heterocycles. The topological polar surface area (TPSA) is 43.8 Å². The van der Waals surface area contributed by atoms with Gasteiger partial charge in [-0.3, -0.25) is 4.68 Å². The summed E-state index contributed by atoms with van der Waals surface area (Å²) in [6.45, 7) is 0.673. The van der Waals surface area contributed by atoms with Gasteiger partial charge in [-0.25, -0.2) is 0 Å². The molecule has 3 aromatic rings. The molecule has 0 spiro atoms. The number of benzene rings is 2. The molecule has 1 heterocycles. The zero-order chi connectivity index (χ0) is 14.8. The van der Waals surface area contributed by atoms with Crippen LogP contribution >= 0.6 is 23.2 Å². The van der Waals surface area contributed by atoms with E-state index in [9.17, 15) is 0 Å². The van der Waals surface area contributed by atoms with Crippen LogP contribution in [-0.2, 0) is 6.54 Å². The molecule has 3 rings (SSSR count). The Kier molecular flexibility index (Phi) is 3.86. The molecule has 0 aliphatic carbocycles. The molecular formula is C16H13Cl2N3. The number of anilines is 1. The summed E-state index contributed by atoms with van der Waals surface area (Å²) in [6, 6.07) is 15.5. The molecule has 2 N–H and O–H groups in total. The summed E-state index contributed by atoms with van der Waals surface area (Å²) in [5, 5.41) is 5.54. The third-order valence-corrected chi connectivity index (χ3v) is 3.91. The lowest BCUT2D eigenvalue weighted by molar-refractivity contribution is 0.689. The molecule has 0 amide bonds. The third-order valence-electron chi connectivity index (χ3n) is 3.17. The Bertz CT molecular complexity index is 766. The molecule has 21 heavy (non-hydrogen) atoms. The van der Waals surface area contributed by atoms with Gasteiger partial charge in [0, 0.05) is 11.8 Å². The number of aromatic nitrogens is 2. The first-order chi connectivity index (χ1) is 10.1. The van der Waals surface area contributed by atoms with E-state index in [2.05, 4.69) is 17.2 Å². The van der Waals surface area contributed by atoms with Gasteiger partial charge in [-0.1, -0.05) is 59.6 Å². The summed E-state index contributed by atoms with van der Waals surface area (Å²) < 4.78 is 1.82. The average Bonchev–Trinajstić information content (AvgIpc) is 2.84. The summed E-state index contributed by atoms with van der Waals surface area (Å²) in [6.07, 6.45) is 1.82. The van der Waals surface area contributed by atoms with Crippen LogP contribution in [0, 0.1) is 0 Å². The first kappa shape index (κ1) is 14.0. The van der Waals surface area contributed by atoms with E-state index >= 15 is 0 Å². The van der Waals surface area contributed by atoms with E-state index in [0.717, 1.165) is 5.56 Å². The maximum atomic E-state index is 6.06. The van der Waals surface area contributed by atoms with Crippen molar-refractivity contribution in [3.8, 4) is 11.3 Å². The fourth-order valence-corrected chi connectivity index (χ4v) is 2.45. The number of nitrogens with two attached hydrogens (primary N) is 1. The maximum absolute atomic E-state index is 6.06. The standard InChI is InChI=1S/C16H13Cl2N3/c17-13-7-6-12(8-14(13)18)16-15(19)10-21(20-16)9-11-4-2-1-3-5-11/h1-8,10H,9,19H2. The predicted molar refractivity (Wildman–Crippen MR) is 87.6 cm³/mol. The van der Waals surface area contributed by atoms with Crippen molar-refractivity contribution in [1.82, 2.24) is 9.78 Å². The van der Waals surface area contributed by atoms with Crippen LogP contribution in [0.25, 0.3) is 11.3 Å². The summed E-state index contributed by atoms with van der Waals surface area (Å²) in [7, 11) is 0. The van der Waals surface area contributed by atoms with Gasteiger partial charge < -0.3 is 5.73 Å². The molecule has 0 fully saturated rings. The molecule has 0 bridgehead atoms. The Morgan fingerprint density at radius 2 is 1.76 bits per heavy atom. The Labute approximate surface area is 132 Å². The minimum atomic E-state index is 0.492. The van der Waals surface area contributed by atoms with Gasteiger partial charge >= 0.3 is 0 Å². The van der Waals surface area contributed by atoms with Crippen molar-refractivity contribution >= 4 is 28.9 Å². The molecule has 1 aromatic heterocycles. The average molecular weight is 318 g/mol. The molecule has 0 saturated heterocycles. The number of rotatable bonds is 3. The van der Waals surface area contributed by atoms with Crippen molar-refractivity contribution in [3.63, 3.8) is 0 Å². The van der Waals surface area contributed by atoms with Gasteiger partial charge in [0.25, 0.3) is 0 Å².